The summed E-state index contributed by atoms with van der Waals surface area (Å²) in [4.78, 5) is 4.83. The largest absolute Gasteiger partial charge is 0.309 e. The molecule has 0 saturated carbocycles. The van der Waals surface area contributed by atoms with Crippen LogP contribution in [0.2, 0.25) is 5.02 Å². The molecule has 1 aromatic heterocycles. The van der Waals surface area contributed by atoms with Crippen molar-refractivity contribution in [2.24, 2.45) is 0 Å². The van der Waals surface area contributed by atoms with E-state index in [0.717, 1.165) is 34.1 Å². The first-order valence-electron chi connectivity index (χ1n) is 26.4. The minimum atomic E-state index is -0.223. The number of rotatable bonds is 9. The van der Waals surface area contributed by atoms with Gasteiger partial charge >= 0.3 is 0 Å². The normalized spacial score (nSPS) is 13.0. The van der Waals surface area contributed by atoms with E-state index in [1.165, 1.54) is 60.2 Å². The Morgan fingerprint density at radius 2 is 0.726 bits per heavy atom. The first-order valence-corrected chi connectivity index (χ1v) is 27.6. The summed E-state index contributed by atoms with van der Waals surface area (Å²) in [7, 11) is 0. The van der Waals surface area contributed by atoms with Crippen molar-refractivity contribution < 1.29 is 0 Å². The molecule has 0 atom stereocenters. The Balaban J connectivity index is 1.41. The molecule has 2 nitrogen and oxygen atoms in total. The maximum atomic E-state index is 8.27. The predicted molar refractivity (Wildman–Crippen MR) is 322 cm³/mol. The molecule has 8 aromatic rings. The van der Waals surface area contributed by atoms with Gasteiger partial charge in [-0.15, -0.1) is 11.3 Å². The fourth-order valence-corrected chi connectivity index (χ4v) is 11.0. The molecule has 0 amide bonds. The number of thiophene rings is 1. The standard InChI is InChI=1S/C69H81ClN2S/c1-64(2,3)48-26-22-45(23-27-48)62(46-24-28-49(29-25-46)65(4,5)6)47-20-19-21-56(40-47)71(54-35-30-50(31-36-54)66(7,8)9)58-42-53(69(16,17)18)43-59(63(58)70)72(55-37-32-51(33-38-55)67(10,11)12)60-44-73-61-39-34-52(41-57(60)61)68(13,14)15/h19-44,62H,1-18H3. The summed E-state index contributed by atoms with van der Waals surface area (Å²) in [5.74, 6) is -0.0172. The summed E-state index contributed by atoms with van der Waals surface area (Å²) in [6, 6.07) is 57.8. The zero-order chi connectivity index (χ0) is 53.2. The Morgan fingerprint density at radius 3 is 1.15 bits per heavy atom. The molecule has 0 aliphatic carbocycles. The second-order valence-electron chi connectivity index (χ2n) is 26.7. The molecule has 0 aliphatic rings. The van der Waals surface area contributed by atoms with E-state index in [-0.39, 0.29) is 38.4 Å². The summed E-state index contributed by atoms with van der Waals surface area (Å²) in [6.07, 6.45) is 0. The van der Waals surface area contributed by atoms with Crippen molar-refractivity contribution in [3.8, 4) is 0 Å². The Kier molecular flexibility index (Phi) is 14.4. The zero-order valence-corrected chi connectivity index (χ0v) is 48.8. The SMILES string of the molecule is CC(C)(C)c1ccc(C(c2ccc(C(C)(C)C)cc2)c2cccc(N(c3ccc(C(C)(C)C)cc3)c3cc(C(C)(C)C)cc(N(c4ccc(C(C)(C)C)cc4)c4csc5ccc(C(C)(C)C)cc45)c3Cl)c2)cc1. The van der Waals surface area contributed by atoms with Gasteiger partial charge in [0.05, 0.1) is 22.1 Å². The van der Waals surface area contributed by atoms with E-state index < -0.39 is 0 Å². The lowest BCUT2D eigenvalue weighted by molar-refractivity contribution is 0.589. The van der Waals surface area contributed by atoms with E-state index in [9.17, 15) is 0 Å². The maximum absolute atomic E-state index is 8.27. The first kappa shape index (κ1) is 53.7. The van der Waals surface area contributed by atoms with Crippen LogP contribution < -0.4 is 9.80 Å². The van der Waals surface area contributed by atoms with E-state index in [0.29, 0.717) is 5.02 Å². The van der Waals surface area contributed by atoms with E-state index >= 15 is 0 Å². The van der Waals surface area contributed by atoms with Gasteiger partial charge in [0.15, 0.2) is 0 Å². The Labute approximate surface area is 449 Å². The highest BCUT2D eigenvalue weighted by molar-refractivity contribution is 7.17. The molecule has 0 fully saturated rings. The van der Waals surface area contributed by atoms with Gasteiger partial charge in [-0.1, -0.05) is 227 Å². The third-order valence-corrected chi connectivity index (χ3v) is 16.0. The van der Waals surface area contributed by atoms with Crippen LogP contribution in [0.3, 0.4) is 0 Å². The van der Waals surface area contributed by atoms with Crippen molar-refractivity contribution in [2.75, 3.05) is 9.80 Å². The predicted octanol–water partition coefficient (Wildman–Crippen LogP) is 21.5. The molecule has 0 spiro atoms. The lowest BCUT2D eigenvalue weighted by Gasteiger charge is -2.34. The number of fused-ring (bicyclic) bond motifs is 1. The topological polar surface area (TPSA) is 6.48 Å². The second-order valence-corrected chi connectivity index (χ2v) is 28.0. The minimum absolute atomic E-state index is 0.000640. The molecule has 1 heterocycles. The molecule has 0 unspecified atom stereocenters. The third-order valence-electron chi connectivity index (χ3n) is 14.7. The lowest BCUT2D eigenvalue weighted by Crippen LogP contribution is -2.19. The van der Waals surface area contributed by atoms with Gasteiger partial charge in [0, 0.05) is 38.4 Å². The van der Waals surface area contributed by atoms with Crippen LogP contribution in [-0.2, 0) is 32.5 Å². The van der Waals surface area contributed by atoms with E-state index in [1.807, 2.05) is 0 Å². The lowest BCUT2D eigenvalue weighted by atomic mass is 9.80. The third kappa shape index (κ3) is 11.5. The Hall–Kier alpha value is -5.61. The minimum Gasteiger partial charge on any atom is -0.309 e. The van der Waals surface area contributed by atoms with Crippen molar-refractivity contribution >= 4 is 67.1 Å². The number of halogens is 1. The van der Waals surface area contributed by atoms with Gasteiger partial charge in [0.25, 0.3) is 0 Å². The molecule has 0 N–H and O–H groups in total. The number of hydrogen-bond donors (Lipinski definition) is 0. The number of anilines is 6. The van der Waals surface area contributed by atoms with Crippen LogP contribution in [-0.4, -0.2) is 0 Å². The molecular weight excluding hydrogens is 924 g/mol. The van der Waals surface area contributed by atoms with Gasteiger partial charge in [0.1, 0.15) is 0 Å². The van der Waals surface area contributed by atoms with Crippen molar-refractivity contribution in [2.45, 2.75) is 163 Å². The molecule has 0 bridgehead atoms. The van der Waals surface area contributed by atoms with Gasteiger partial charge in [-0.05, 0) is 143 Å². The second kappa shape index (κ2) is 19.6. The maximum Gasteiger partial charge on any atom is 0.0887 e. The highest BCUT2D eigenvalue weighted by Crippen LogP contribution is 2.52. The fourth-order valence-electron chi connectivity index (χ4n) is 9.84. The Morgan fingerprint density at radius 1 is 0.342 bits per heavy atom. The van der Waals surface area contributed by atoms with Crippen LogP contribution >= 0.6 is 22.9 Å². The van der Waals surface area contributed by atoms with E-state index in [2.05, 4.69) is 291 Å². The quantitative estimate of drug-likeness (QED) is 0.133. The molecule has 0 saturated heterocycles. The molecule has 0 aliphatic heterocycles. The van der Waals surface area contributed by atoms with E-state index in [1.54, 1.807) is 11.3 Å². The van der Waals surface area contributed by atoms with Crippen molar-refractivity contribution in [3.63, 3.8) is 0 Å². The van der Waals surface area contributed by atoms with Gasteiger partial charge in [0.2, 0.25) is 0 Å². The van der Waals surface area contributed by atoms with Crippen LogP contribution in [0.15, 0.2) is 157 Å². The first-order chi connectivity index (χ1) is 33.9. The summed E-state index contributed by atoms with van der Waals surface area (Å²) >= 11 is 10.1. The molecular formula is C69H81ClN2S. The average molecular weight is 1010 g/mol. The van der Waals surface area contributed by atoms with Crippen molar-refractivity contribution in [3.05, 3.63) is 212 Å². The van der Waals surface area contributed by atoms with Crippen LogP contribution in [0.25, 0.3) is 10.1 Å². The highest BCUT2D eigenvalue weighted by Gasteiger charge is 2.30. The summed E-state index contributed by atoms with van der Waals surface area (Å²) in [6.45, 7) is 41.2. The van der Waals surface area contributed by atoms with Gasteiger partial charge in [-0.2, -0.15) is 0 Å². The fraction of sp³-hybridized carbons (Fsp3) is 0.362. The van der Waals surface area contributed by atoms with Crippen LogP contribution in [0.1, 0.15) is 181 Å². The number of hydrogen-bond acceptors (Lipinski definition) is 3. The van der Waals surface area contributed by atoms with Crippen LogP contribution in [0, 0.1) is 0 Å². The number of nitrogens with zero attached hydrogens (tertiary/aromatic N) is 2. The molecule has 380 valence electrons. The van der Waals surface area contributed by atoms with Crippen LogP contribution in [0.4, 0.5) is 34.1 Å². The molecule has 73 heavy (non-hydrogen) atoms. The van der Waals surface area contributed by atoms with E-state index in [4.69, 9.17) is 11.6 Å². The van der Waals surface area contributed by atoms with Crippen LogP contribution in [0.5, 0.6) is 0 Å². The summed E-state index contributed by atoms with van der Waals surface area (Å²) < 4.78 is 1.25. The highest BCUT2D eigenvalue weighted by atomic mass is 35.5. The smallest absolute Gasteiger partial charge is 0.0887 e. The molecule has 0 radical (unpaired) electrons. The van der Waals surface area contributed by atoms with Gasteiger partial charge in [-0.25, -0.2) is 0 Å². The number of benzene rings is 7. The van der Waals surface area contributed by atoms with Crippen molar-refractivity contribution in [1.82, 2.24) is 0 Å². The molecule has 4 heteroatoms. The summed E-state index contributed by atoms with van der Waals surface area (Å²) in [5, 5.41) is 4.22. The average Bonchev–Trinajstić information content (AvgIpc) is 3.72. The summed E-state index contributed by atoms with van der Waals surface area (Å²) in [5.41, 5.74) is 17.4. The van der Waals surface area contributed by atoms with Gasteiger partial charge < -0.3 is 9.80 Å². The molecule has 7 aromatic carbocycles. The Bertz CT molecular complexity index is 3150. The molecule has 8 rings (SSSR count). The zero-order valence-electron chi connectivity index (χ0n) is 47.3. The van der Waals surface area contributed by atoms with Gasteiger partial charge in [-0.3, -0.25) is 0 Å². The monoisotopic (exact) mass is 1000 g/mol. The van der Waals surface area contributed by atoms with Crippen molar-refractivity contribution in [1.29, 1.82) is 0 Å².